The van der Waals surface area contributed by atoms with Gasteiger partial charge >= 0.3 is 18.3 Å². The number of morpholine rings is 1. The van der Waals surface area contributed by atoms with Crippen LogP contribution in [0.5, 0.6) is 5.75 Å². The van der Waals surface area contributed by atoms with Crippen LogP contribution in [0.3, 0.4) is 0 Å². The van der Waals surface area contributed by atoms with Crippen LogP contribution in [0.4, 0.5) is 26.3 Å². The summed E-state index contributed by atoms with van der Waals surface area (Å²) >= 11 is 0.478. The third-order valence-corrected chi connectivity index (χ3v) is 6.38. The van der Waals surface area contributed by atoms with Crippen molar-refractivity contribution >= 4 is 29.7 Å². The zero-order chi connectivity index (χ0) is 27.9. The van der Waals surface area contributed by atoms with Gasteiger partial charge in [0.15, 0.2) is 0 Å². The van der Waals surface area contributed by atoms with E-state index in [1.807, 2.05) is 0 Å². The van der Waals surface area contributed by atoms with Gasteiger partial charge in [-0.1, -0.05) is 23.9 Å². The molecule has 1 fully saturated rings. The van der Waals surface area contributed by atoms with E-state index in [-0.39, 0.29) is 56.4 Å². The summed E-state index contributed by atoms with van der Waals surface area (Å²) in [4.78, 5) is 23.7. The Kier molecular flexibility index (Phi) is 9.71. The van der Waals surface area contributed by atoms with Gasteiger partial charge in [0, 0.05) is 35.4 Å². The van der Waals surface area contributed by atoms with Crippen LogP contribution in [0.1, 0.15) is 29.5 Å². The summed E-state index contributed by atoms with van der Waals surface area (Å²) in [6.45, 7) is 0.997. The Hall–Kier alpha value is -3.19. The second-order valence-electron chi connectivity index (χ2n) is 8.09. The fourth-order valence-corrected chi connectivity index (χ4v) is 4.66. The van der Waals surface area contributed by atoms with Gasteiger partial charge in [-0.25, -0.2) is 0 Å². The van der Waals surface area contributed by atoms with Gasteiger partial charge in [-0.2, -0.15) is 26.3 Å². The van der Waals surface area contributed by atoms with Gasteiger partial charge in [0.25, 0.3) is 0 Å². The minimum absolute atomic E-state index is 0.0383. The van der Waals surface area contributed by atoms with E-state index in [0.29, 0.717) is 11.8 Å². The maximum absolute atomic E-state index is 14.1. The second kappa shape index (κ2) is 12.6. The first-order valence-electron chi connectivity index (χ1n) is 11.3. The number of nitrogens with zero attached hydrogens (tertiary/aromatic N) is 1. The molecule has 0 spiro atoms. The maximum atomic E-state index is 14.1. The van der Waals surface area contributed by atoms with E-state index >= 15 is 0 Å². The van der Waals surface area contributed by atoms with E-state index in [4.69, 9.17) is 14.6 Å². The van der Waals surface area contributed by atoms with E-state index in [1.54, 1.807) is 0 Å². The molecule has 0 aliphatic carbocycles. The zero-order valence-electron chi connectivity index (χ0n) is 19.8. The highest BCUT2D eigenvalue weighted by atomic mass is 32.2. The molecule has 1 aliphatic rings. The first-order valence-corrected chi connectivity index (χ1v) is 12.2. The Bertz CT molecular complexity index is 1180. The van der Waals surface area contributed by atoms with E-state index in [0.717, 1.165) is 24.3 Å². The molecule has 38 heavy (non-hydrogen) atoms. The summed E-state index contributed by atoms with van der Waals surface area (Å²) in [5.41, 5.74) is -4.53. The highest BCUT2D eigenvalue weighted by Crippen LogP contribution is 2.48. The van der Waals surface area contributed by atoms with Crippen molar-refractivity contribution in [3.05, 3.63) is 59.2 Å². The van der Waals surface area contributed by atoms with Crippen molar-refractivity contribution in [2.45, 2.75) is 35.0 Å². The van der Waals surface area contributed by atoms with Crippen LogP contribution in [-0.4, -0.2) is 54.8 Å². The number of carboxylic acid groups (broad SMARTS) is 1. The lowest BCUT2D eigenvalue weighted by Gasteiger charge is -2.25. The Labute approximate surface area is 218 Å². The molecule has 206 valence electrons. The number of rotatable bonds is 9. The molecule has 0 atom stereocenters. The number of ether oxygens (including phenoxy) is 2. The van der Waals surface area contributed by atoms with Crippen molar-refractivity contribution in [1.82, 2.24) is 4.90 Å². The second-order valence-corrected chi connectivity index (χ2v) is 9.21. The van der Waals surface area contributed by atoms with E-state index in [9.17, 15) is 35.9 Å². The molecule has 0 radical (unpaired) electrons. The lowest BCUT2D eigenvalue weighted by Crippen LogP contribution is -2.39. The van der Waals surface area contributed by atoms with Crippen molar-refractivity contribution < 1.29 is 50.5 Å². The van der Waals surface area contributed by atoms with Gasteiger partial charge in [-0.05, 0) is 42.3 Å². The molecule has 3 rings (SSSR count). The molecule has 1 saturated heterocycles. The molecule has 1 N–H and O–H groups in total. The van der Waals surface area contributed by atoms with Crippen LogP contribution in [0.2, 0.25) is 0 Å². The highest BCUT2D eigenvalue weighted by molar-refractivity contribution is 7.99. The van der Waals surface area contributed by atoms with Crippen molar-refractivity contribution in [2.75, 3.05) is 32.9 Å². The standard InChI is InChI=1S/C25H23F6NO5S/c26-24(27,28)22-16(7-9-20(33)32-10-13-36-14-11-32)6-8-19(23(22)25(29,30)31)38-18-4-1-3-17(15-18)37-12-2-5-21(34)35/h1,3-4,6-9,15H,2,5,10-14H2,(H,34,35). The summed E-state index contributed by atoms with van der Waals surface area (Å²) in [6, 6.07) is 7.56. The van der Waals surface area contributed by atoms with Crippen molar-refractivity contribution in [1.29, 1.82) is 0 Å². The number of carbonyl (C=O) groups is 2. The van der Waals surface area contributed by atoms with Gasteiger partial charge < -0.3 is 19.5 Å². The average Bonchev–Trinajstić information content (AvgIpc) is 2.85. The average molecular weight is 564 g/mol. The van der Waals surface area contributed by atoms with E-state index < -0.39 is 45.8 Å². The summed E-state index contributed by atoms with van der Waals surface area (Å²) in [5.74, 6) is -1.42. The molecule has 0 saturated carbocycles. The van der Waals surface area contributed by atoms with Crippen molar-refractivity contribution in [3.8, 4) is 5.75 Å². The number of amides is 1. The quantitative estimate of drug-likeness (QED) is 0.230. The monoisotopic (exact) mass is 563 g/mol. The molecule has 1 amide bonds. The number of hydrogen-bond donors (Lipinski definition) is 1. The summed E-state index contributed by atoms with van der Waals surface area (Å²) in [7, 11) is 0. The van der Waals surface area contributed by atoms with Crippen molar-refractivity contribution in [3.63, 3.8) is 0 Å². The van der Waals surface area contributed by atoms with Crippen LogP contribution in [-0.2, 0) is 26.7 Å². The smallest absolute Gasteiger partial charge is 0.418 e. The fraction of sp³-hybridized carbons (Fsp3) is 0.360. The Balaban J connectivity index is 1.93. The lowest BCUT2D eigenvalue weighted by atomic mass is 9.99. The number of halogens is 6. The molecule has 0 bridgehead atoms. The number of alkyl halides is 6. The fourth-order valence-electron chi connectivity index (χ4n) is 3.63. The van der Waals surface area contributed by atoms with E-state index in [2.05, 4.69) is 0 Å². The minimum atomic E-state index is -5.36. The third-order valence-electron chi connectivity index (χ3n) is 5.33. The predicted octanol–water partition coefficient (Wildman–Crippen LogP) is 5.99. The number of carboxylic acids is 1. The Morgan fingerprint density at radius 3 is 2.34 bits per heavy atom. The minimum Gasteiger partial charge on any atom is -0.494 e. The molecule has 13 heteroatoms. The SMILES string of the molecule is O=C(O)CCCOc1cccc(Sc2ccc(C=CC(=O)N3CCOCC3)c(C(F)(F)F)c2C(F)(F)F)c1. The maximum Gasteiger partial charge on any atom is 0.418 e. The topological polar surface area (TPSA) is 76.1 Å². The molecular formula is C25H23F6NO5S. The van der Waals surface area contributed by atoms with Gasteiger partial charge in [-0.3, -0.25) is 9.59 Å². The number of aliphatic carboxylic acids is 1. The molecule has 1 aliphatic heterocycles. The molecular weight excluding hydrogens is 540 g/mol. The molecule has 0 unspecified atom stereocenters. The summed E-state index contributed by atoms with van der Waals surface area (Å²) < 4.78 is 94.7. The molecule has 2 aromatic carbocycles. The van der Waals surface area contributed by atoms with Crippen LogP contribution < -0.4 is 4.74 Å². The van der Waals surface area contributed by atoms with E-state index in [1.165, 1.54) is 29.2 Å². The van der Waals surface area contributed by atoms with Crippen molar-refractivity contribution in [2.24, 2.45) is 0 Å². The third kappa shape index (κ3) is 8.15. The number of hydrogen-bond acceptors (Lipinski definition) is 5. The normalized spacial score (nSPS) is 14.6. The van der Waals surface area contributed by atoms with Gasteiger partial charge in [0.1, 0.15) is 5.75 Å². The molecule has 1 heterocycles. The number of benzene rings is 2. The lowest BCUT2D eigenvalue weighted by molar-refractivity contribution is -0.163. The van der Waals surface area contributed by atoms with Crippen LogP contribution >= 0.6 is 11.8 Å². The summed E-state index contributed by atoms with van der Waals surface area (Å²) in [6.07, 6.45) is -9.08. The first-order chi connectivity index (χ1) is 17.9. The largest absolute Gasteiger partial charge is 0.494 e. The molecule has 0 aromatic heterocycles. The van der Waals surface area contributed by atoms with Crippen LogP contribution in [0, 0.1) is 0 Å². The summed E-state index contributed by atoms with van der Waals surface area (Å²) in [5, 5.41) is 8.67. The van der Waals surface area contributed by atoms with Crippen LogP contribution in [0.25, 0.3) is 6.08 Å². The predicted molar refractivity (Wildman–Crippen MR) is 126 cm³/mol. The zero-order valence-corrected chi connectivity index (χ0v) is 20.6. The molecule has 2 aromatic rings. The highest BCUT2D eigenvalue weighted by Gasteiger charge is 2.46. The Morgan fingerprint density at radius 2 is 1.71 bits per heavy atom. The Morgan fingerprint density at radius 1 is 1.03 bits per heavy atom. The number of carbonyl (C=O) groups excluding carboxylic acids is 1. The molecule has 6 nitrogen and oxygen atoms in total. The van der Waals surface area contributed by atoms with Crippen LogP contribution in [0.15, 0.2) is 52.3 Å². The first kappa shape index (κ1) is 29.4. The van der Waals surface area contributed by atoms with Gasteiger partial charge in [-0.15, -0.1) is 0 Å². The van der Waals surface area contributed by atoms with Gasteiger partial charge in [0.2, 0.25) is 5.91 Å². The van der Waals surface area contributed by atoms with Gasteiger partial charge in [0.05, 0.1) is 30.9 Å².